The quantitative estimate of drug-likeness (QED) is 0.0873. The molecule has 1 aliphatic carbocycles. The molecule has 5 N–H and O–H groups in total. The highest BCUT2D eigenvalue weighted by Crippen LogP contribution is 2.41. The Bertz CT molecular complexity index is 624. The second kappa shape index (κ2) is 13.1. The average molecular weight is 498 g/mol. The van der Waals surface area contributed by atoms with Gasteiger partial charge in [0.2, 0.25) is 0 Å². The van der Waals surface area contributed by atoms with Crippen LogP contribution in [0.1, 0.15) is 45.4 Å². The minimum atomic E-state index is -2.23. The zero-order chi connectivity index (χ0) is 24.6. The maximum absolute atomic E-state index is 12.9. The molecule has 1 saturated carbocycles. The standard InChI is InChI=1S/C20H36ClN3O9/c1-2-32-12-6-10-23(19(29)24(22-31)11-9-21)18(28)16-14(25)15(26)17(27)20(30,33-16)13-7-4-3-5-8-13/h13-18,25-28,30H,2-12H2,1H3/t14-,15+,16+,17-,18?,20+/m1/s1. The first-order chi connectivity index (χ1) is 15.7. The molecular weight excluding hydrogens is 462 g/mol. The zero-order valence-corrected chi connectivity index (χ0v) is 19.6. The topological polar surface area (TPSA) is 173 Å². The minimum absolute atomic E-state index is 0.0880. The summed E-state index contributed by atoms with van der Waals surface area (Å²) in [7, 11) is 0. The average Bonchev–Trinajstić information content (AvgIpc) is 2.83. The third-order valence-electron chi connectivity index (χ3n) is 6.32. The first-order valence-corrected chi connectivity index (χ1v) is 11.9. The molecule has 0 aromatic carbocycles. The number of amides is 2. The van der Waals surface area contributed by atoms with E-state index in [2.05, 4.69) is 5.29 Å². The smallest absolute Gasteiger partial charge is 0.345 e. The molecule has 2 amide bonds. The molecule has 2 fully saturated rings. The van der Waals surface area contributed by atoms with E-state index in [0.29, 0.717) is 24.5 Å². The number of carbonyl (C=O) groups excluding carboxylic acids is 1. The van der Waals surface area contributed by atoms with Gasteiger partial charge < -0.3 is 35.0 Å². The van der Waals surface area contributed by atoms with E-state index in [9.17, 15) is 35.2 Å². The van der Waals surface area contributed by atoms with Crippen molar-refractivity contribution in [1.82, 2.24) is 9.91 Å². The summed E-state index contributed by atoms with van der Waals surface area (Å²) in [5.74, 6) is -2.86. The minimum Gasteiger partial charge on any atom is -0.387 e. The normalized spacial score (nSPS) is 31.7. The van der Waals surface area contributed by atoms with Crippen molar-refractivity contribution in [2.24, 2.45) is 11.2 Å². The van der Waals surface area contributed by atoms with Crippen molar-refractivity contribution in [3.63, 3.8) is 0 Å². The molecule has 1 unspecified atom stereocenters. The number of aliphatic hydroxyl groups is 5. The van der Waals surface area contributed by atoms with Crippen molar-refractivity contribution in [2.75, 3.05) is 32.2 Å². The molecule has 33 heavy (non-hydrogen) atoms. The highest BCUT2D eigenvalue weighted by atomic mass is 35.5. The summed E-state index contributed by atoms with van der Waals surface area (Å²) in [4.78, 5) is 24.9. The lowest BCUT2D eigenvalue weighted by Crippen LogP contribution is -2.71. The van der Waals surface area contributed by atoms with Gasteiger partial charge in [-0.05, 0) is 26.2 Å². The van der Waals surface area contributed by atoms with E-state index in [-0.39, 0.29) is 32.0 Å². The number of alkyl halides is 1. The molecule has 0 bridgehead atoms. The molecule has 1 heterocycles. The fraction of sp³-hybridized carbons (Fsp3) is 0.950. The van der Waals surface area contributed by atoms with Gasteiger partial charge in [-0.25, -0.2) is 4.79 Å². The molecule has 13 heteroatoms. The van der Waals surface area contributed by atoms with E-state index in [4.69, 9.17) is 21.1 Å². The molecule has 2 aliphatic rings. The van der Waals surface area contributed by atoms with E-state index in [1.807, 2.05) is 0 Å². The van der Waals surface area contributed by atoms with Crippen LogP contribution in [-0.4, -0.2) is 110 Å². The largest absolute Gasteiger partial charge is 0.387 e. The zero-order valence-electron chi connectivity index (χ0n) is 18.8. The summed E-state index contributed by atoms with van der Waals surface area (Å²) in [5, 5.41) is 57.0. The van der Waals surface area contributed by atoms with Crippen LogP contribution >= 0.6 is 11.6 Å². The lowest BCUT2D eigenvalue weighted by molar-refractivity contribution is -0.382. The van der Waals surface area contributed by atoms with Gasteiger partial charge >= 0.3 is 6.03 Å². The van der Waals surface area contributed by atoms with Crippen molar-refractivity contribution in [1.29, 1.82) is 0 Å². The van der Waals surface area contributed by atoms with Gasteiger partial charge in [0.15, 0.2) is 12.0 Å². The van der Waals surface area contributed by atoms with Gasteiger partial charge in [0.25, 0.3) is 0 Å². The number of aliphatic hydroxyl groups excluding tert-OH is 4. The van der Waals surface area contributed by atoms with Gasteiger partial charge in [-0.3, -0.25) is 4.90 Å². The lowest BCUT2D eigenvalue weighted by atomic mass is 9.77. The number of rotatable bonds is 11. The van der Waals surface area contributed by atoms with Crippen molar-refractivity contribution < 1.29 is 39.8 Å². The summed E-state index contributed by atoms with van der Waals surface area (Å²) in [6, 6.07) is -0.993. The first kappa shape index (κ1) is 28.1. The SMILES string of the molecule is CCOCCCN(C(=O)N(CCCl)N=O)C(O)[C@H]1O[C@@](O)(C2CCCCC2)[C@H](O)[C@@H](O)[C@H]1O. The van der Waals surface area contributed by atoms with Crippen LogP contribution in [0.4, 0.5) is 4.79 Å². The molecule has 6 atom stereocenters. The summed E-state index contributed by atoms with van der Waals surface area (Å²) < 4.78 is 10.9. The van der Waals surface area contributed by atoms with E-state index in [1.54, 1.807) is 6.92 Å². The van der Waals surface area contributed by atoms with Gasteiger partial charge in [-0.1, -0.05) is 19.3 Å². The van der Waals surface area contributed by atoms with Gasteiger partial charge in [0.1, 0.15) is 24.4 Å². The number of hydrogen-bond donors (Lipinski definition) is 5. The summed E-state index contributed by atoms with van der Waals surface area (Å²) in [6.07, 6.45) is -5.19. The first-order valence-electron chi connectivity index (χ1n) is 11.4. The molecule has 0 aromatic heterocycles. The predicted octanol–water partition coefficient (Wildman–Crippen LogP) is 0.126. The molecule has 12 nitrogen and oxygen atoms in total. The van der Waals surface area contributed by atoms with Gasteiger partial charge in [0, 0.05) is 31.6 Å². The molecular formula is C20H36ClN3O9. The van der Waals surface area contributed by atoms with E-state index >= 15 is 0 Å². The predicted molar refractivity (Wildman–Crippen MR) is 117 cm³/mol. The van der Waals surface area contributed by atoms with Crippen molar-refractivity contribution in [3.05, 3.63) is 4.91 Å². The molecule has 2 rings (SSSR count). The molecule has 1 saturated heterocycles. The summed E-state index contributed by atoms with van der Waals surface area (Å²) in [5.41, 5.74) is 0. The number of urea groups is 1. The van der Waals surface area contributed by atoms with Crippen molar-refractivity contribution >= 4 is 17.6 Å². The monoisotopic (exact) mass is 497 g/mol. The third kappa shape index (κ3) is 6.51. The van der Waals surface area contributed by atoms with Crippen LogP contribution in [0, 0.1) is 10.8 Å². The Morgan fingerprint density at radius 3 is 2.45 bits per heavy atom. The number of halogens is 1. The molecule has 0 aromatic rings. The number of hydrogen-bond acceptors (Lipinski definition) is 10. The van der Waals surface area contributed by atoms with Crippen LogP contribution in [0.3, 0.4) is 0 Å². The Morgan fingerprint density at radius 2 is 1.88 bits per heavy atom. The van der Waals surface area contributed by atoms with Crippen LogP contribution in [-0.2, 0) is 9.47 Å². The third-order valence-corrected chi connectivity index (χ3v) is 6.48. The Balaban J connectivity index is 2.29. The number of nitroso groups, excluding NO2 is 1. The van der Waals surface area contributed by atoms with Crippen LogP contribution in [0.15, 0.2) is 5.29 Å². The second-order valence-corrected chi connectivity index (χ2v) is 8.81. The second-order valence-electron chi connectivity index (χ2n) is 8.43. The maximum Gasteiger partial charge on any atom is 0.345 e. The Kier molecular flexibility index (Phi) is 11.2. The fourth-order valence-corrected chi connectivity index (χ4v) is 4.63. The highest BCUT2D eigenvalue weighted by Gasteiger charge is 2.58. The van der Waals surface area contributed by atoms with Crippen LogP contribution in [0.5, 0.6) is 0 Å². The van der Waals surface area contributed by atoms with Crippen molar-refractivity contribution in [2.45, 2.75) is 81.9 Å². The maximum atomic E-state index is 12.9. The fourth-order valence-electron chi connectivity index (χ4n) is 4.47. The van der Waals surface area contributed by atoms with Crippen LogP contribution < -0.4 is 0 Å². The van der Waals surface area contributed by atoms with Gasteiger partial charge in [-0.2, -0.15) is 5.01 Å². The Hall–Kier alpha value is -1.12. The van der Waals surface area contributed by atoms with Crippen LogP contribution in [0.25, 0.3) is 0 Å². The van der Waals surface area contributed by atoms with Crippen LogP contribution in [0.2, 0.25) is 0 Å². The molecule has 1 aliphatic heterocycles. The number of carbonyl (C=O) groups is 1. The number of ether oxygens (including phenoxy) is 2. The van der Waals surface area contributed by atoms with Gasteiger partial charge in [0.05, 0.1) is 11.8 Å². The van der Waals surface area contributed by atoms with Crippen molar-refractivity contribution in [3.8, 4) is 0 Å². The number of nitrogens with zero attached hydrogens (tertiary/aromatic N) is 3. The Labute approximate surface area is 198 Å². The van der Waals surface area contributed by atoms with E-state index < -0.39 is 48.4 Å². The summed E-state index contributed by atoms with van der Waals surface area (Å²) >= 11 is 5.63. The molecule has 192 valence electrons. The lowest BCUT2D eigenvalue weighted by Gasteiger charge is -2.51. The van der Waals surface area contributed by atoms with E-state index in [1.165, 1.54) is 0 Å². The highest BCUT2D eigenvalue weighted by molar-refractivity contribution is 6.18. The van der Waals surface area contributed by atoms with Gasteiger partial charge in [-0.15, -0.1) is 16.5 Å². The molecule has 0 radical (unpaired) electrons. The summed E-state index contributed by atoms with van der Waals surface area (Å²) in [6.45, 7) is 2.15. The molecule has 0 spiro atoms. The Morgan fingerprint density at radius 1 is 1.21 bits per heavy atom. The van der Waals surface area contributed by atoms with E-state index in [0.717, 1.165) is 24.2 Å².